The first kappa shape index (κ1) is 51.3. The van der Waals surface area contributed by atoms with E-state index < -0.39 is 156 Å². The third-order valence-corrected chi connectivity index (χ3v) is 26.7. The Hall–Kier alpha value is 1.12. The fourth-order valence-corrected chi connectivity index (χ4v) is 26.0. The Morgan fingerprint density at radius 3 is 1.02 bits per heavy atom. The molecule has 0 bridgehead atoms. The third kappa shape index (κ3) is 9.37. The largest absolute Gasteiger partial charge is 0.341 e. The molecule has 2 fully saturated rings. The minimum Gasteiger partial charge on any atom is -0.330 e. The molecular formula is C20H48N2O24P8. The van der Waals surface area contributed by atoms with Crippen LogP contribution < -0.4 is 11.5 Å². The zero-order valence-electron chi connectivity index (χ0n) is 27.9. The average molecular weight is 948 g/mol. The Morgan fingerprint density at radius 2 is 0.759 bits per heavy atom. The van der Waals surface area contributed by atoms with E-state index in [9.17, 15) is 115 Å². The van der Waals surface area contributed by atoms with Crippen LogP contribution in [0.25, 0.3) is 0 Å². The highest BCUT2D eigenvalue weighted by atomic mass is 31.3. The van der Waals surface area contributed by atoms with Crippen LogP contribution in [0.2, 0.25) is 0 Å². The van der Waals surface area contributed by atoms with Gasteiger partial charge in [-0.05, 0) is 44.1 Å². The summed E-state index contributed by atoms with van der Waals surface area (Å²) in [7, 11) is -57.3. The molecule has 0 radical (unpaired) electrons. The normalized spacial score (nSPS) is 26.7. The van der Waals surface area contributed by atoms with E-state index in [4.69, 9.17) is 11.5 Å². The Kier molecular flexibility index (Phi) is 15.7. The molecule has 0 heterocycles. The topological polar surface area (TPSA) is 512 Å². The molecule has 2 saturated carbocycles. The fraction of sp³-hybridized carbons (Fsp3) is 1.00. The van der Waals surface area contributed by atoms with Crippen LogP contribution in [0.5, 0.6) is 0 Å². The maximum absolute atomic E-state index is 13.9. The van der Waals surface area contributed by atoms with Gasteiger partial charge < -0.3 is 89.8 Å². The molecule has 2 rings (SSSR count). The number of nitrogens with two attached hydrogens (primary N) is 2. The lowest BCUT2D eigenvalue weighted by Gasteiger charge is -2.69. The summed E-state index contributed by atoms with van der Waals surface area (Å²) in [5.41, 5.74) is -1.90. The molecule has 0 aliphatic heterocycles. The second-order valence-corrected chi connectivity index (χ2v) is 29.1. The van der Waals surface area contributed by atoms with Crippen LogP contribution in [0.15, 0.2) is 0 Å². The molecule has 34 heteroatoms. The molecule has 0 aromatic heterocycles. The van der Waals surface area contributed by atoms with Crippen LogP contribution >= 0.6 is 60.8 Å². The quantitative estimate of drug-likeness (QED) is 0.0717. The second-order valence-electron chi connectivity index (χ2n) is 13.9. The van der Waals surface area contributed by atoms with Crippen molar-refractivity contribution in [2.75, 3.05) is 13.1 Å². The Morgan fingerprint density at radius 1 is 0.444 bits per heavy atom. The van der Waals surface area contributed by atoms with Crippen molar-refractivity contribution in [2.24, 2.45) is 39.5 Å². The lowest BCUT2D eigenvalue weighted by molar-refractivity contribution is -0.126. The van der Waals surface area contributed by atoms with Gasteiger partial charge in [-0.25, -0.2) is 0 Å². The van der Waals surface area contributed by atoms with Gasteiger partial charge in [-0.1, -0.05) is 32.1 Å². The standard InChI is InChI=1S/C20H48N2O24P8/c21-10-13-8-5-9-18(12-6-3-1-2-4-7-12,14(47(23,24)25)48(26,27)28)20(16(51(35,36)37)52(38,39)40,17(53(41,42)43)54(44,45)46)19(13,11-22)15(49(29,30)31)50(32,33)34/h12-17H,1-11,21-22H2,(H2,23,24,25)(H2,26,27,28)(H2,29,30,31)(H2,32,33,34)(H2,35,36,37)(H2,38,39,40)(H2,41,42,43)(H2,44,45,46). The van der Waals surface area contributed by atoms with E-state index in [-0.39, 0.29) is 25.7 Å². The highest BCUT2D eigenvalue weighted by molar-refractivity contribution is 7.74. The Bertz CT molecular complexity index is 1620. The maximum atomic E-state index is 13.9. The summed E-state index contributed by atoms with van der Waals surface area (Å²) in [6.07, 6.45) is -5.28. The van der Waals surface area contributed by atoms with Gasteiger partial charge in [-0.15, -0.1) is 0 Å². The molecule has 2 aliphatic carbocycles. The lowest BCUT2D eigenvalue weighted by atomic mass is 9.45. The minimum atomic E-state index is -7.36. The summed E-state index contributed by atoms with van der Waals surface area (Å²) in [6, 6.07) is 0. The van der Waals surface area contributed by atoms with E-state index in [1.807, 2.05) is 0 Å². The second kappa shape index (κ2) is 16.5. The highest BCUT2D eigenvalue weighted by Crippen LogP contribution is 2.92. The van der Waals surface area contributed by atoms with Gasteiger partial charge in [0.05, 0.1) is 0 Å². The van der Waals surface area contributed by atoms with Gasteiger partial charge >= 0.3 is 60.8 Å². The smallest absolute Gasteiger partial charge is 0.330 e. The molecule has 54 heavy (non-hydrogen) atoms. The molecular weight excluding hydrogens is 900 g/mol. The van der Waals surface area contributed by atoms with E-state index in [1.165, 1.54) is 0 Å². The first-order chi connectivity index (χ1) is 23.8. The summed E-state index contributed by atoms with van der Waals surface area (Å²) in [4.78, 5) is 175. The predicted octanol–water partition coefficient (Wildman–Crippen LogP) is -0.640. The molecule has 0 spiro atoms. The number of rotatable bonds is 15. The van der Waals surface area contributed by atoms with Gasteiger partial charge in [-0.3, -0.25) is 36.5 Å². The van der Waals surface area contributed by atoms with Gasteiger partial charge in [0.1, 0.15) is 0 Å². The van der Waals surface area contributed by atoms with Gasteiger partial charge in [-0.2, -0.15) is 0 Å². The summed E-state index contributed by atoms with van der Waals surface area (Å²) < 4.78 is 110. The van der Waals surface area contributed by atoms with Gasteiger partial charge in [0.25, 0.3) is 0 Å². The average Bonchev–Trinajstić information content (AvgIpc) is 3.21. The van der Waals surface area contributed by atoms with E-state index in [0.29, 0.717) is 0 Å². The van der Waals surface area contributed by atoms with E-state index in [1.54, 1.807) is 0 Å². The van der Waals surface area contributed by atoms with E-state index in [0.717, 1.165) is 0 Å². The van der Waals surface area contributed by atoms with Crippen molar-refractivity contribution in [3.05, 3.63) is 0 Å². The maximum Gasteiger partial charge on any atom is 0.341 e. The molecule has 322 valence electrons. The van der Waals surface area contributed by atoms with Gasteiger partial charge in [0.2, 0.25) is 0 Å². The Balaban J connectivity index is 4.20. The highest BCUT2D eigenvalue weighted by Gasteiger charge is 2.89. The molecule has 20 N–H and O–H groups in total. The molecule has 26 nitrogen and oxygen atoms in total. The van der Waals surface area contributed by atoms with Crippen LogP contribution in [0.3, 0.4) is 0 Å². The summed E-state index contributed by atoms with van der Waals surface area (Å²) in [6.45, 7) is -3.55. The van der Waals surface area contributed by atoms with Crippen molar-refractivity contribution in [3.63, 3.8) is 0 Å². The molecule has 0 aromatic rings. The van der Waals surface area contributed by atoms with Crippen LogP contribution in [-0.4, -0.2) is 113 Å². The van der Waals surface area contributed by atoms with Crippen molar-refractivity contribution in [1.29, 1.82) is 0 Å². The van der Waals surface area contributed by atoms with Crippen LogP contribution in [0.1, 0.15) is 57.8 Å². The Labute approximate surface area is 307 Å². The molecule has 0 amide bonds. The van der Waals surface area contributed by atoms with Crippen molar-refractivity contribution in [3.8, 4) is 0 Å². The predicted molar refractivity (Wildman–Crippen MR) is 185 cm³/mol. The summed E-state index contributed by atoms with van der Waals surface area (Å²) >= 11 is 0. The van der Waals surface area contributed by atoms with Crippen molar-refractivity contribution in [2.45, 2.75) is 79.4 Å². The summed E-state index contributed by atoms with van der Waals surface area (Å²) in [5.74, 6) is -4.79. The van der Waals surface area contributed by atoms with Gasteiger partial charge in [0, 0.05) is 22.8 Å². The SMILES string of the molecule is NCC1CCCC(C2CCCCCC2)(C(P(=O)(O)O)P(=O)(O)O)C(C(P(=O)(O)O)P(=O)(O)O)(C(P(=O)(O)O)P(=O)(O)O)C1(CN)C(P(=O)(O)O)P(=O)(O)O. The van der Waals surface area contributed by atoms with E-state index in [2.05, 4.69) is 0 Å². The molecule has 3 atom stereocenters. The monoisotopic (exact) mass is 948 g/mol. The minimum absolute atomic E-state index is 0.123. The van der Waals surface area contributed by atoms with Crippen molar-refractivity contribution < 1.29 is 115 Å². The van der Waals surface area contributed by atoms with Crippen molar-refractivity contribution >= 4 is 60.8 Å². The molecule has 2 aliphatic rings. The first-order valence-electron chi connectivity index (χ1n) is 15.6. The first-order valence-corrected chi connectivity index (χ1v) is 29.1. The van der Waals surface area contributed by atoms with Crippen LogP contribution in [-0.2, 0) is 36.5 Å². The summed E-state index contributed by atoms with van der Waals surface area (Å²) in [5, 5.41) is -17.6. The van der Waals surface area contributed by atoms with Gasteiger partial charge in [0.15, 0.2) is 21.6 Å². The number of hydrogen-bond acceptors (Lipinski definition) is 10. The fourth-order valence-electron chi connectivity index (χ4n) is 10.1. The lowest BCUT2D eigenvalue weighted by Crippen LogP contribution is -2.75. The molecule has 3 unspecified atom stereocenters. The van der Waals surface area contributed by atoms with Crippen LogP contribution in [0.4, 0.5) is 0 Å². The zero-order valence-corrected chi connectivity index (χ0v) is 35.1. The van der Waals surface area contributed by atoms with Crippen LogP contribution in [0, 0.1) is 28.1 Å². The van der Waals surface area contributed by atoms with Crippen molar-refractivity contribution in [1.82, 2.24) is 0 Å². The molecule has 0 aromatic carbocycles. The van der Waals surface area contributed by atoms with E-state index >= 15 is 0 Å². The number of hydrogen-bond donors (Lipinski definition) is 18. The zero-order chi connectivity index (χ0) is 42.7. The third-order valence-electron chi connectivity index (χ3n) is 10.9. The molecule has 0 saturated heterocycles.